The Kier molecular flexibility index (Phi) is 4.15. The van der Waals surface area contributed by atoms with Gasteiger partial charge in [-0.1, -0.05) is 0 Å². The van der Waals surface area contributed by atoms with Gasteiger partial charge in [-0.2, -0.15) is 0 Å². The maximum Gasteiger partial charge on any atom is 0.255 e. The summed E-state index contributed by atoms with van der Waals surface area (Å²) < 4.78 is 0. The first-order valence-electron chi connectivity index (χ1n) is 6.36. The van der Waals surface area contributed by atoms with Crippen molar-refractivity contribution in [2.75, 3.05) is 20.1 Å². The fourth-order valence-corrected chi connectivity index (χ4v) is 2.43. The van der Waals surface area contributed by atoms with Gasteiger partial charge in [0.05, 0.1) is 5.56 Å². The van der Waals surface area contributed by atoms with E-state index in [4.69, 9.17) is 0 Å². The minimum atomic E-state index is -0.183. The van der Waals surface area contributed by atoms with E-state index in [-0.39, 0.29) is 17.5 Å². The van der Waals surface area contributed by atoms with Gasteiger partial charge in [0.1, 0.15) is 0 Å². The molecule has 5 nitrogen and oxygen atoms in total. The van der Waals surface area contributed by atoms with Crippen LogP contribution in [0.3, 0.4) is 0 Å². The van der Waals surface area contributed by atoms with Crippen LogP contribution in [0.25, 0.3) is 0 Å². The summed E-state index contributed by atoms with van der Waals surface area (Å²) in [5, 5.41) is 3.13. The van der Waals surface area contributed by atoms with Crippen LogP contribution in [0.5, 0.6) is 0 Å². The molecular weight excluding hydrogens is 230 g/mol. The van der Waals surface area contributed by atoms with Crippen molar-refractivity contribution in [1.82, 2.24) is 15.2 Å². The molecule has 0 radical (unpaired) electrons. The number of rotatable bonds is 3. The van der Waals surface area contributed by atoms with E-state index in [1.807, 2.05) is 11.9 Å². The Hall–Kier alpha value is -1.62. The van der Waals surface area contributed by atoms with E-state index < -0.39 is 0 Å². The highest BCUT2D eigenvalue weighted by atomic mass is 16.2. The average Bonchev–Trinajstić information content (AvgIpc) is 2.40. The minimum Gasteiger partial charge on any atom is -0.334 e. The molecule has 1 unspecified atom stereocenters. The fourth-order valence-electron chi connectivity index (χ4n) is 2.43. The van der Waals surface area contributed by atoms with Crippen LogP contribution in [0.4, 0.5) is 0 Å². The Bertz CT molecular complexity index is 447. The second kappa shape index (κ2) is 5.82. The number of hydrogen-bond donors (Lipinski definition) is 2. The third-order valence-corrected chi connectivity index (χ3v) is 3.36. The monoisotopic (exact) mass is 249 g/mol. The molecule has 0 saturated carbocycles. The zero-order valence-corrected chi connectivity index (χ0v) is 10.6. The van der Waals surface area contributed by atoms with Crippen LogP contribution in [0.2, 0.25) is 0 Å². The van der Waals surface area contributed by atoms with Crippen LogP contribution < -0.4 is 10.9 Å². The van der Waals surface area contributed by atoms with E-state index in [2.05, 4.69) is 10.3 Å². The number of nitrogens with zero attached hydrogens (tertiary/aromatic N) is 1. The molecule has 2 N–H and O–H groups in total. The molecule has 1 aromatic heterocycles. The van der Waals surface area contributed by atoms with E-state index in [0.29, 0.717) is 5.56 Å². The van der Waals surface area contributed by atoms with E-state index in [1.165, 1.54) is 18.7 Å². The molecule has 0 bridgehead atoms. The molecule has 0 aliphatic carbocycles. The predicted molar refractivity (Wildman–Crippen MR) is 69.7 cm³/mol. The number of amides is 1. The van der Waals surface area contributed by atoms with Crippen LogP contribution in [0, 0.1) is 0 Å². The molecule has 0 aromatic carbocycles. The second-order valence-electron chi connectivity index (χ2n) is 4.65. The molecule has 1 aliphatic rings. The van der Waals surface area contributed by atoms with Crippen LogP contribution in [-0.2, 0) is 0 Å². The molecule has 1 atom stereocenters. The van der Waals surface area contributed by atoms with E-state index >= 15 is 0 Å². The van der Waals surface area contributed by atoms with Gasteiger partial charge in [-0.05, 0) is 32.4 Å². The lowest BCUT2D eigenvalue weighted by molar-refractivity contribution is 0.0614. The minimum absolute atomic E-state index is 0.00574. The van der Waals surface area contributed by atoms with E-state index in [0.717, 1.165) is 25.9 Å². The number of aromatic amines is 1. The van der Waals surface area contributed by atoms with Crippen LogP contribution in [-0.4, -0.2) is 42.0 Å². The average molecular weight is 249 g/mol. The van der Waals surface area contributed by atoms with Gasteiger partial charge in [-0.25, -0.2) is 0 Å². The first-order valence-corrected chi connectivity index (χ1v) is 6.36. The summed E-state index contributed by atoms with van der Waals surface area (Å²) in [5.74, 6) is 0.00574. The smallest absolute Gasteiger partial charge is 0.255 e. The van der Waals surface area contributed by atoms with Gasteiger partial charge in [-0.15, -0.1) is 0 Å². The normalized spacial score (nSPS) is 19.8. The third kappa shape index (κ3) is 2.79. The van der Waals surface area contributed by atoms with Crippen molar-refractivity contribution in [3.8, 4) is 0 Å². The Labute approximate surface area is 106 Å². The summed E-state index contributed by atoms with van der Waals surface area (Å²) >= 11 is 0. The molecule has 18 heavy (non-hydrogen) atoms. The van der Waals surface area contributed by atoms with E-state index in [1.54, 1.807) is 6.07 Å². The quantitative estimate of drug-likeness (QED) is 0.824. The molecule has 98 valence electrons. The van der Waals surface area contributed by atoms with E-state index in [9.17, 15) is 9.59 Å². The molecule has 1 amide bonds. The van der Waals surface area contributed by atoms with Gasteiger partial charge in [0.15, 0.2) is 0 Å². The summed E-state index contributed by atoms with van der Waals surface area (Å²) in [6.07, 6.45) is 4.75. The van der Waals surface area contributed by atoms with Crippen molar-refractivity contribution in [2.45, 2.75) is 25.3 Å². The van der Waals surface area contributed by atoms with Crippen molar-refractivity contribution in [3.05, 3.63) is 34.2 Å². The molecule has 1 saturated heterocycles. The molecule has 0 spiro atoms. The largest absolute Gasteiger partial charge is 0.334 e. The molecular formula is C13H19N3O2. The molecule has 1 fully saturated rings. The SMILES string of the molecule is CNCC1CCCCN1C(=O)c1ccc(=O)[nH]c1. The van der Waals surface area contributed by atoms with Crippen molar-refractivity contribution in [1.29, 1.82) is 0 Å². The number of hydrogen-bond acceptors (Lipinski definition) is 3. The molecule has 5 heteroatoms. The van der Waals surface area contributed by atoms with Crippen LogP contribution >= 0.6 is 0 Å². The molecule has 2 rings (SSSR count). The molecule has 1 aliphatic heterocycles. The standard InChI is InChI=1S/C13H19N3O2/c1-14-9-11-4-2-3-7-16(11)13(18)10-5-6-12(17)15-8-10/h5-6,8,11,14H,2-4,7,9H2,1H3,(H,15,17). The van der Waals surface area contributed by atoms with Crippen molar-refractivity contribution >= 4 is 5.91 Å². The van der Waals surface area contributed by atoms with Crippen molar-refractivity contribution < 1.29 is 4.79 Å². The van der Waals surface area contributed by atoms with Crippen molar-refractivity contribution in [3.63, 3.8) is 0 Å². The Morgan fingerprint density at radius 3 is 3.00 bits per heavy atom. The lowest BCUT2D eigenvalue weighted by Gasteiger charge is -2.35. The highest BCUT2D eigenvalue weighted by Crippen LogP contribution is 2.18. The first kappa shape index (κ1) is 12.8. The highest BCUT2D eigenvalue weighted by molar-refractivity contribution is 5.94. The number of carbonyl (C=O) groups is 1. The summed E-state index contributed by atoms with van der Waals surface area (Å²) in [5.41, 5.74) is 0.370. The Balaban J connectivity index is 2.15. The fraction of sp³-hybridized carbons (Fsp3) is 0.538. The summed E-state index contributed by atoms with van der Waals surface area (Å²) in [7, 11) is 1.90. The number of pyridine rings is 1. The summed E-state index contributed by atoms with van der Waals surface area (Å²) in [6.45, 7) is 1.61. The van der Waals surface area contributed by atoms with Crippen LogP contribution in [0.1, 0.15) is 29.6 Å². The molecule has 1 aromatic rings. The van der Waals surface area contributed by atoms with Gasteiger partial charge in [0, 0.05) is 31.4 Å². The first-order chi connectivity index (χ1) is 8.72. The number of likely N-dealkylation sites (tertiary alicyclic amines) is 1. The summed E-state index contributed by atoms with van der Waals surface area (Å²) in [6, 6.07) is 3.24. The number of carbonyl (C=O) groups excluding carboxylic acids is 1. The number of likely N-dealkylation sites (N-methyl/N-ethyl adjacent to an activating group) is 1. The lowest BCUT2D eigenvalue weighted by Crippen LogP contribution is -2.48. The second-order valence-corrected chi connectivity index (χ2v) is 4.65. The van der Waals surface area contributed by atoms with Gasteiger partial charge in [-0.3, -0.25) is 9.59 Å². The number of aromatic nitrogens is 1. The maximum atomic E-state index is 12.4. The lowest BCUT2D eigenvalue weighted by atomic mass is 10.0. The third-order valence-electron chi connectivity index (χ3n) is 3.36. The zero-order valence-electron chi connectivity index (χ0n) is 10.6. The zero-order chi connectivity index (χ0) is 13.0. The number of H-pyrrole nitrogens is 1. The summed E-state index contributed by atoms with van der Waals surface area (Å²) in [4.78, 5) is 27.8. The highest BCUT2D eigenvalue weighted by Gasteiger charge is 2.26. The maximum absolute atomic E-state index is 12.4. The number of piperidine rings is 1. The van der Waals surface area contributed by atoms with Crippen LogP contribution in [0.15, 0.2) is 23.1 Å². The van der Waals surface area contributed by atoms with Gasteiger partial charge in [0.25, 0.3) is 5.91 Å². The number of nitrogens with one attached hydrogen (secondary N) is 2. The molecule has 2 heterocycles. The van der Waals surface area contributed by atoms with Gasteiger partial charge in [0.2, 0.25) is 5.56 Å². The Morgan fingerprint density at radius 1 is 1.50 bits per heavy atom. The van der Waals surface area contributed by atoms with Crippen molar-refractivity contribution in [2.24, 2.45) is 0 Å². The topological polar surface area (TPSA) is 65.2 Å². The predicted octanol–water partition coefficient (Wildman–Crippen LogP) is 0.589. The van der Waals surface area contributed by atoms with Gasteiger partial charge < -0.3 is 15.2 Å². The van der Waals surface area contributed by atoms with Gasteiger partial charge >= 0.3 is 0 Å². The Morgan fingerprint density at radius 2 is 2.33 bits per heavy atom.